The third-order valence-corrected chi connectivity index (χ3v) is 5.19. The molecular weight excluding hydrogens is 357 g/mol. The van der Waals surface area contributed by atoms with Crippen LogP contribution in [0.3, 0.4) is 0 Å². The lowest BCUT2D eigenvalue weighted by Gasteiger charge is -2.22. The zero-order valence-corrected chi connectivity index (χ0v) is 16.0. The van der Waals surface area contributed by atoms with Gasteiger partial charge < -0.3 is 14.6 Å². The lowest BCUT2D eigenvalue weighted by atomic mass is 10.1. The van der Waals surface area contributed by atoms with Gasteiger partial charge in [-0.2, -0.15) is 0 Å². The van der Waals surface area contributed by atoms with Crippen LogP contribution in [0, 0.1) is 5.82 Å². The third-order valence-electron chi connectivity index (χ3n) is 5.19. The molecule has 1 fully saturated rings. The fraction of sp³-hybridized carbons (Fsp3) is 0.364. The SMILES string of the molecule is CCCCNC(=O)N1CCCC1c1nc2cc(-c3ccc(F)cc3)ccc2o1. The van der Waals surface area contributed by atoms with Crippen LogP contribution in [-0.2, 0) is 0 Å². The van der Waals surface area contributed by atoms with Gasteiger partial charge in [0.1, 0.15) is 17.4 Å². The molecule has 0 saturated carbocycles. The van der Waals surface area contributed by atoms with Gasteiger partial charge >= 0.3 is 6.03 Å². The molecule has 146 valence electrons. The topological polar surface area (TPSA) is 58.4 Å². The first kappa shape index (κ1) is 18.5. The second-order valence-corrected chi connectivity index (χ2v) is 7.18. The zero-order valence-electron chi connectivity index (χ0n) is 16.0. The monoisotopic (exact) mass is 381 g/mol. The maximum atomic E-state index is 13.2. The van der Waals surface area contributed by atoms with Gasteiger partial charge in [0.2, 0.25) is 5.89 Å². The molecule has 1 atom stereocenters. The molecule has 2 heterocycles. The van der Waals surface area contributed by atoms with Crippen LogP contribution >= 0.6 is 0 Å². The van der Waals surface area contributed by atoms with Crippen molar-refractivity contribution in [2.75, 3.05) is 13.1 Å². The summed E-state index contributed by atoms with van der Waals surface area (Å²) in [7, 11) is 0. The highest BCUT2D eigenvalue weighted by Crippen LogP contribution is 2.34. The molecule has 0 radical (unpaired) electrons. The molecule has 6 heteroatoms. The van der Waals surface area contributed by atoms with Crippen LogP contribution in [0.5, 0.6) is 0 Å². The lowest BCUT2D eigenvalue weighted by molar-refractivity contribution is 0.185. The normalized spacial score (nSPS) is 16.6. The molecule has 2 aromatic carbocycles. The average Bonchev–Trinajstić information content (AvgIpc) is 3.34. The predicted molar refractivity (Wildman–Crippen MR) is 106 cm³/mol. The van der Waals surface area contributed by atoms with E-state index in [1.807, 2.05) is 23.1 Å². The molecule has 2 amide bonds. The minimum absolute atomic E-state index is 0.0507. The lowest BCUT2D eigenvalue weighted by Crippen LogP contribution is -2.39. The molecule has 28 heavy (non-hydrogen) atoms. The van der Waals surface area contributed by atoms with Gasteiger partial charge in [0.15, 0.2) is 5.58 Å². The summed E-state index contributed by atoms with van der Waals surface area (Å²) in [5.74, 6) is 0.321. The summed E-state index contributed by atoms with van der Waals surface area (Å²) in [4.78, 5) is 19.0. The molecule has 3 aromatic rings. The van der Waals surface area contributed by atoms with Gasteiger partial charge in [-0.1, -0.05) is 31.5 Å². The Morgan fingerprint density at radius 3 is 2.82 bits per heavy atom. The summed E-state index contributed by atoms with van der Waals surface area (Å²) in [5.41, 5.74) is 3.31. The van der Waals surface area contributed by atoms with Crippen molar-refractivity contribution in [1.29, 1.82) is 0 Å². The standard InChI is InChI=1S/C22H24FN3O2/c1-2-3-12-24-22(27)26-13-4-5-19(26)21-25-18-14-16(8-11-20(18)28-21)15-6-9-17(23)10-7-15/h6-11,14,19H,2-5,12-13H2,1H3,(H,24,27). The Morgan fingerprint density at radius 2 is 2.04 bits per heavy atom. The van der Waals surface area contributed by atoms with E-state index in [1.54, 1.807) is 12.1 Å². The summed E-state index contributed by atoms with van der Waals surface area (Å²) < 4.78 is 19.1. The van der Waals surface area contributed by atoms with Gasteiger partial charge in [-0.15, -0.1) is 0 Å². The van der Waals surface area contributed by atoms with Crippen LogP contribution in [0.15, 0.2) is 46.9 Å². The van der Waals surface area contributed by atoms with Crippen molar-refractivity contribution in [3.63, 3.8) is 0 Å². The molecule has 5 nitrogen and oxygen atoms in total. The van der Waals surface area contributed by atoms with Crippen molar-refractivity contribution in [3.05, 3.63) is 54.2 Å². The van der Waals surface area contributed by atoms with Gasteiger partial charge in [0.05, 0.1) is 0 Å². The Bertz CT molecular complexity index is 968. The number of amides is 2. The highest BCUT2D eigenvalue weighted by atomic mass is 19.1. The summed E-state index contributed by atoms with van der Waals surface area (Å²) >= 11 is 0. The van der Waals surface area contributed by atoms with E-state index in [0.717, 1.165) is 42.3 Å². The van der Waals surface area contributed by atoms with Crippen LogP contribution in [0.1, 0.15) is 44.5 Å². The predicted octanol–water partition coefficient (Wildman–Crippen LogP) is 5.28. The summed E-state index contributed by atoms with van der Waals surface area (Å²) in [5, 5.41) is 2.98. The second-order valence-electron chi connectivity index (χ2n) is 7.18. The first-order chi connectivity index (χ1) is 13.7. The number of nitrogens with one attached hydrogen (secondary N) is 1. The number of urea groups is 1. The van der Waals surface area contributed by atoms with Gasteiger partial charge in [-0.05, 0) is 54.7 Å². The minimum atomic E-state index is -0.257. The van der Waals surface area contributed by atoms with E-state index in [4.69, 9.17) is 4.42 Å². The number of rotatable bonds is 5. The fourth-order valence-electron chi connectivity index (χ4n) is 3.65. The molecule has 0 bridgehead atoms. The first-order valence-corrected chi connectivity index (χ1v) is 9.86. The second kappa shape index (κ2) is 8.00. The third kappa shape index (κ3) is 3.72. The van der Waals surface area contributed by atoms with E-state index < -0.39 is 0 Å². The number of hydrogen-bond donors (Lipinski definition) is 1. The number of carbonyl (C=O) groups is 1. The van der Waals surface area contributed by atoms with Crippen LogP contribution in [0.4, 0.5) is 9.18 Å². The quantitative estimate of drug-likeness (QED) is 0.612. The molecule has 1 saturated heterocycles. The van der Waals surface area contributed by atoms with Crippen molar-refractivity contribution < 1.29 is 13.6 Å². The van der Waals surface area contributed by atoms with Crippen LogP contribution < -0.4 is 5.32 Å². The van der Waals surface area contributed by atoms with Gasteiger partial charge in [-0.3, -0.25) is 0 Å². The number of benzene rings is 2. The number of carbonyl (C=O) groups excluding carboxylic acids is 1. The Morgan fingerprint density at radius 1 is 1.25 bits per heavy atom. The maximum absolute atomic E-state index is 13.2. The molecular formula is C22H24FN3O2. The summed E-state index contributed by atoms with van der Waals surface area (Å²) in [6.07, 6.45) is 3.80. The van der Waals surface area contributed by atoms with Crippen LogP contribution in [0.2, 0.25) is 0 Å². The number of aromatic nitrogens is 1. The maximum Gasteiger partial charge on any atom is 0.318 e. The largest absolute Gasteiger partial charge is 0.438 e. The fourth-order valence-corrected chi connectivity index (χ4v) is 3.65. The highest BCUT2D eigenvalue weighted by molar-refractivity contribution is 5.80. The molecule has 1 N–H and O–H groups in total. The van der Waals surface area contributed by atoms with Crippen molar-refractivity contribution in [2.45, 2.75) is 38.6 Å². The molecule has 0 spiro atoms. The first-order valence-electron chi connectivity index (χ1n) is 9.86. The van der Waals surface area contributed by atoms with Crippen molar-refractivity contribution in [2.24, 2.45) is 0 Å². The average molecular weight is 381 g/mol. The summed E-state index contributed by atoms with van der Waals surface area (Å²) in [6, 6.07) is 12.0. The number of halogens is 1. The number of nitrogens with zero attached hydrogens (tertiary/aromatic N) is 2. The van der Waals surface area contributed by atoms with Crippen molar-refractivity contribution in [3.8, 4) is 11.1 Å². The minimum Gasteiger partial charge on any atom is -0.438 e. The Kier molecular flexibility index (Phi) is 5.28. The van der Waals surface area contributed by atoms with Gasteiger partial charge in [0.25, 0.3) is 0 Å². The molecule has 1 aliphatic rings. The Labute approximate surface area is 163 Å². The van der Waals surface area contributed by atoms with Crippen LogP contribution in [0.25, 0.3) is 22.2 Å². The van der Waals surface area contributed by atoms with Crippen molar-refractivity contribution in [1.82, 2.24) is 15.2 Å². The molecule has 1 unspecified atom stereocenters. The van der Waals surface area contributed by atoms with Crippen LogP contribution in [-0.4, -0.2) is 29.0 Å². The molecule has 0 aliphatic carbocycles. The van der Waals surface area contributed by atoms with Gasteiger partial charge in [-0.25, -0.2) is 14.2 Å². The number of oxazole rings is 1. The van der Waals surface area contributed by atoms with E-state index in [0.29, 0.717) is 24.6 Å². The Balaban J connectivity index is 1.57. The van der Waals surface area contributed by atoms with E-state index in [-0.39, 0.29) is 17.9 Å². The number of hydrogen-bond acceptors (Lipinski definition) is 3. The zero-order chi connectivity index (χ0) is 19.5. The molecule has 4 rings (SSSR count). The van der Waals surface area contributed by atoms with E-state index >= 15 is 0 Å². The smallest absolute Gasteiger partial charge is 0.318 e. The van der Waals surface area contributed by atoms with Gasteiger partial charge in [0, 0.05) is 13.1 Å². The van der Waals surface area contributed by atoms with E-state index in [2.05, 4.69) is 17.2 Å². The van der Waals surface area contributed by atoms with E-state index in [1.165, 1.54) is 12.1 Å². The number of fused-ring (bicyclic) bond motifs is 1. The molecule has 1 aliphatic heterocycles. The molecule has 1 aromatic heterocycles. The number of likely N-dealkylation sites (tertiary alicyclic amines) is 1. The highest BCUT2D eigenvalue weighted by Gasteiger charge is 2.33. The number of unbranched alkanes of at least 4 members (excludes halogenated alkanes) is 1. The van der Waals surface area contributed by atoms with E-state index in [9.17, 15) is 9.18 Å². The van der Waals surface area contributed by atoms with Crippen molar-refractivity contribution >= 4 is 17.1 Å². The summed E-state index contributed by atoms with van der Waals surface area (Å²) in [6.45, 7) is 3.50. The Hall–Kier alpha value is -2.89.